The molecule has 108 valence electrons. The Kier molecular flexibility index (Phi) is 3.53. The van der Waals surface area contributed by atoms with Gasteiger partial charge in [-0.1, -0.05) is 30.3 Å². The maximum absolute atomic E-state index is 12.4. The molecule has 1 N–H and O–H groups in total. The molecule has 0 amide bonds. The van der Waals surface area contributed by atoms with Crippen LogP contribution in [0.25, 0.3) is 10.8 Å². The van der Waals surface area contributed by atoms with Crippen molar-refractivity contribution in [3.63, 3.8) is 0 Å². The van der Waals surface area contributed by atoms with E-state index in [1.165, 1.54) is 0 Å². The lowest BCUT2D eigenvalue weighted by Gasteiger charge is -2.13. The van der Waals surface area contributed by atoms with E-state index in [2.05, 4.69) is 4.72 Å². The van der Waals surface area contributed by atoms with Gasteiger partial charge >= 0.3 is 0 Å². The number of fused-ring (bicyclic) bond motifs is 1. The van der Waals surface area contributed by atoms with E-state index >= 15 is 0 Å². The van der Waals surface area contributed by atoms with Crippen molar-refractivity contribution >= 4 is 20.8 Å². The van der Waals surface area contributed by atoms with Crippen molar-refractivity contribution in [2.75, 3.05) is 13.1 Å². The third-order valence-corrected chi connectivity index (χ3v) is 5.20. The summed E-state index contributed by atoms with van der Waals surface area (Å²) < 4.78 is 27.5. The zero-order valence-corrected chi connectivity index (χ0v) is 12.2. The van der Waals surface area contributed by atoms with E-state index in [1.807, 2.05) is 30.5 Å². The number of nitrogens with one attached hydrogen (secondary N) is 1. The summed E-state index contributed by atoms with van der Waals surface area (Å²) in [6, 6.07) is 12.5. The topological polar surface area (TPSA) is 73.2 Å². The Morgan fingerprint density at radius 2 is 1.95 bits per heavy atom. The Morgan fingerprint density at radius 1 is 1.19 bits per heavy atom. The van der Waals surface area contributed by atoms with Crippen molar-refractivity contribution in [2.45, 2.75) is 17.4 Å². The van der Waals surface area contributed by atoms with Crippen LogP contribution in [0.15, 0.2) is 47.4 Å². The van der Waals surface area contributed by atoms with E-state index in [9.17, 15) is 8.42 Å². The molecule has 1 aliphatic rings. The average molecular weight is 301 g/mol. The van der Waals surface area contributed by atoms with E-state index in [0.29, 0.717) is 19.5 Å². The molecule has 21 heavy (non-hydrogen) atoms. The highest BCUT2D eigenvalue weighted by Gasteiger charge is 2.26. The molecule has 0 radical (unpaired) electrons. The fourth-order valence-corrected chi connectivity index (χ4v) is 3.87. The van der Waals surface area contributed by atoms with Gasteiger partial charge in [-0.15, -0.1) is 0 Å². The summed E-state index contributed by atoms with van der Waals surface area (Å²) in [6.45, 7) is 1.03. The normalized spacial score (nSPS) is 18.8. The van der Waals surface area contributed by atoms with Gasteiger partial charge in [0, 0.05) is 19.1 Å². The van der Waals surface area contributed by atoms with Gasteiger partial charge in [-0.3, -0.25) is 0 Å². The Hall–Kier alpha value is -2.10. The Morgan fingerprint density at radius 3 is 2.67 bits per heavy atom. The van der Waals surface area contributed by atoms with Crippen molar-refractivity contribution in [1.29, 1.82) is 5.26 Å². The first-order chi connectivity index (χ1) is 10.1. The zero-order valence-electron chi connectivity index (χ0n) is 11.4. The molecule has 6 heteroatoms. The molecule has 1 heterocycles. The number of hydrogen-bond acceptors (Lipinski definition) is 4. The molecule has 3 rings (SSSR count). The van der Waals surface area contributed by atoms with E-state index in [0.717, 1.165) is 10.8 Å². The van der Waals surface area contributed by atoms with Crippen molar-refractivity contribution in [3.8, 4) is 6.19 Å². The fraction of sp³-hybridized carbons (Fsp3) is 0.267. The molecule has 1 fully saturated rings. The van der Waals surface area contributed by atoms with Gasteiger partial charge in [0.15, 0.2) is 6.19 Å². The van der Waals surface area contributed by atoms with Crippen molar-refractivity contribution in [1.82, 2.24) is 9.62 Å². The first-order valence-corrected chi connectivity index (χ1v) is 8.22. The van der Waals surface area contributed by atoms with Crippen LogP contribution in [-0.4, -0.2) is 32.4 Å². The van der Waals surface area contributed by atoms with E-state index < -0.39 is 10.0 Å². The van der Waals surface area contributed by atoms with Crippen molar-refractivity contribution < 1.29 is 8.42 Å². The monoisotopic (exact) mass is 301 g/mol. The molecule has 2 aromatic carbocycles. The maximum atomic E-state index is 12.4. The largest absolute Gasteiger partial charge is 0.309 e. The van der Waals surface area contributed by atoms with Gasteiger partial charge in [0.2, 0.25) is 10.0 Å². The highest BCUT2D eigenvalue weighted by molar-refractivity contribution is 7.89. The standard InChI is InChI=1S/C15H15N3O2S/c16-11-18-8-7-14(10-18)17-21(19,20)15-6-5-12-3-1-2-4-13(12)9-15/h1-6,9,14,17H,7-8,10H2. The van der Waals surface area contributed by atoms with Gasteiger partial charge in [-0.2, -0.15) is 5.26 Å². The van der Waals surface area contributed by atoms with Crippen LogP contribution in [0, 0.1) is 11.5 Å². The second-order valence-electron chi connectivity index (χ2n) is 5.16. The van der Waals surface area contributed by atoms with Crippen LogP contribution in [0.5, 0.6) is 0 Å². The van der Waals surface area contributed by atoms with Crippen molar-refractivity contribution in [3.05, 3.63) is 42.5 Å². The van der Waals surface area contributed by atoms with Gasteiger partial charge in [0.1, 0.15) is 0 Å². The molecule has 1 unspecified atom stereocenters. The Balaban J connectivity index is 1.85. The molecule has 0 aliphatic carbocycles. The first kappa shape index (κ1) is 13.9. The number of nitrogens with zero attached hydrogens (tertiary/aromatic N) is 2. The lowest BCUT2D eigenvalue weighted by molar-refractivity contribution is 0.470. The molecule has 1 saturated heterocycles. The smallest absolute Gasteiger partial charge is 0.240 e. The van der Waals surface area contributed by atoms with Gasteiger partial charge in [0.25, 0.3) is 0 Å². The van der Waals surface area contributed by atoms with Crippen LogP contribution in [0.3, 0.4) is 0 Å². The number of nitriles is 1. The zero-order chi connectivity index (χ0) is 14.9. The van der Waals surface area contributed by atoms with E-state index in [-0.39, 0.29) is 10.9 Å². The Labute approximate surface area is 123 Å². The van der Waals surface area contributed by atoms with Crippen molar-refractivity contribution in [2.24, 2.45) is 0 Å². The third-order valence-electron chi connectivity index (χ3n) is 3.68. The molecule has 5 nitrogen and oxygen atoms in total. The SMILES string of the molecule is N#CN1CCC(NS(=O)(=O)c2ccc3ccccc3c2)C1. The molecule has 0 aromatic heterocycles. The molecule has 1 atom stereocenters. The summed E-state index contributed by atoms with van der Waals surface area (Å²) in [4.78, 5) is 1.82. The molecular formula is C15H15N3O2S. The van der Waals surface area contributed by atoms with Crippen LogP contribution in [0.4, 0.5) is 0 Å². The van der Waals surface area contributed by atoms with E-state index in [1.54, 1.807) is 23.1 Å². The quantitative estimate of drug-likeness (QED) is 0.875. The lowest BCUT2D eigenvalue weighted by atomic mass is 10.1. The third kappa shape index (κ3) is 2.84. The van der Waals surface area contributed by atoms with Gasteiger partial charge in [-0.05, 0) is 29.3 Å². The summed E-state index contributed by atoms with van der Waals surface area (Å²) in [5, 5.41) is 10.7. The molecule has 2 aromatic rings. The lowest BCUT2D eigenvalue weighted by Crippen LogP contribution is -2.36. The highest BCUT2D eigenvalue weighted by atomic mass is 32.2. The molecular weight excluding hydrogens is 286 g/mol. The molecule has 0 bridgehead atoms. The Bertz CT molecular complexity index is 811. The van der Waals surface area contributed by atoms with Crippen LogP contribution in [-0.2, 0) is 10.0 Å². The number of hydrogen-bond donors (Lipinski definition) is 1. The predicted octanol–water partition coefficient (Wildman–Crippen LogP) is 1.67. The predicted molar refractivity (Wildman–Crippen MR) is 79.9 cm³/mol. The maximum Gasteiger partial charge on any atom is 0.240 e. The van der Waals surface area contributed by atoms with Gasteiger partial charge in [0.05, 0.1) is 4.90 Å². The first-order valence-electron chi connectivity index (χ1n) is 6.74. The van der Waals surface area contributed by atoms with Crippen LogP contribution >= 0.6 is 0 Å². The molecule has 1 aliphatic heterocycles. The van der Waals surface area contributed by atoms with Gasteiger partial charge < -0.3 is 4.90 Å². The van der Waals surface area contributed by atoms with Crippen LogP contribution in [0.1, 0.15) is 6.42 Å². The number of likely N-dealkylation sites (tertiary alicyclic amines) is 1. The molecule has 0 saturated carbocycles. The van der Waals surface area contributed by atoms with Gasteiger partial charge in [-0.25, -0.2) is 13.1 Å². The minimum Gasteiger partial charge on any atom is -0.309 e. The summed E-state index contributed by atoms with van der Waals surface area (Å²) in [6.07, 6.45) is 2.70. The summed E-state index contributed by atoms with van der Waals surface area (Å²) in [7, 11) is -3.55. The summed E-state index contributed by atoms with van der Waals surface area (Å²) in [5.41, 5.74) is 0. The van der Waals surface area contributed by atoms with E-state index in [4.69, 9.17) is 5.26 Å². The van der Waals surface area contributed by atoms with Crippen LogP contribution in [0.2, 0.25) is 0 Å². The minimum absolute atomic E-state index is 0.207. The summed E-state index contributed by atoms with van der Waals surface area (Å²) >= 11 is 0. The second kappa shape index (κ2) is 5.35. The number of benzene rings is 2. The fourth-order valence-electron chi connectivity index (χ4n) is 2.57. The molecule has 0 spiro atoms. The second-order valence-corrected chi connectivity index (χ2v) is 6.88. The minimum atomic E-state index is -3.55. The average Bonchev–Trinajstić information content (AvgIpc) is 2.93. The number of sulfonamides is 1. The van der Waals surface area contributed by atoms with Crippen LogP contribution < -0.4 is 4.72 Å². The highest BCUT2D eigenvalue weighted by Crippen LogP contribution is 2.20. The summed E-state index contributed by atoms with van der Waals surface area (Å²) in [5.74, 6) is 0. The number of rotatable bonds is 3.